The lowest BCUT2D eigenvalue weighted by Gasteiger charge is -2.27. The molecular weight excluding hydrogens is 322 g/mol. The molecule has 0 bridgehead atoms. The second kappa shape index (κ2) is 7.54. The Kier molecular flexibility index (Phi) is 4.80. The van der Waals surface area contributed by atoms with Gasteiger partial charge < -0.3 is 4.90 Å². The van der Waals surface area contributed by atoms with Gasteiger partial charge in [-0.05, 0) is 12.1 Å². The van der Waals surface area contributed by atoms with Crippen molar-refractivity contribution in [3.8, 4) is 16.9 Å². The predicted molar refractivity (Wildman–Crippen MR) is 105 cm³/mol. The maximum Gasteiger partial charge on any atom is 0.102 e. The summed E-state index contributed by atoms with van der Waals surface area (Å²) in [5.74, 6) is 0. The third kappa shape index (κ3) is 3.68. The van der Waals surface area contributed by atoms with E-state index in [0.29, 0.717) is 0 Å². The maximum atomic E-state index is 4.83. The molecule has 1 N–H and O–H groups in total. The van der Waals surface area contributed by atoms with Crippen LogP contribution in [-0.2, 0) is 0 Å². The van der Waals surface area contributed by atoms with Gasteiger partial charge in [-0.15, -0.1) is 0 Å². The molecule has 1 saturated heterocycles. The third-order valence-electron chi connectivity index (χ3n) is 4.76. The van der Waals surface area contributed by atoms with Crippen molar-refractivity contribution in [2.24, 2.45) is 5.10 Å². The molecule has 0 radical (unpaired) electrons. The van der Waals surface area contributed by atoms with Gasteiger partial charge in [0.25, 0.3) is 0 Å². The number of benzene rings is 2. The summed E-state index contributed by atoms with van der Waals surface area (Å²) < 4.78 is 1.93. The van der Waals surface area contributed by atoms with Gasteiger partial charge in [-0.2, -0.15) is 10.2 Å². The summed E-state index contributed by atoms with van der Waals surface area (Å²) >= 11 is 0. The van der Waals surface area contributed by atoms with Crippen LogP contribution in [0.25, 0.3) is 16.9 Å². The molecule has 3 aromatic rings. The first-order chi connectivity index (χ1) is 12.8. The normalized spacial score (nSPS) is 15.7. The van der Waals surface area contributed by atoms with Gasteiger partial charge in [0.1, 0.15) is 5.69 Å². The van der Waals surface area contributed by atoms with E-state index in [2.05, 4.69) is 42.5 Å². The maximum absolute atomic E-state index is 4.83. The van der Waals surface area contributed by atoms with Crippen LogP contribution < -0.4 is 4.90 Å². The van der Waals surface area contributed by atoms with E-state index in [1.54, 1.807) is 4.90 Å². The van der Waals surface area contributed by atoms with Gasteiger partial charge in [-0.1, -0.05) is 48.5 Å². The largest absolute Gasteiger partial charge is 0.334 e. The highest BCUT2D eigenvalue weighted by Gasteiger charge is 2.15. The summed E-state index contributed by atoms with van der Waals surface area (Å²) in [5.41, 5.74) is 4.14. The zero-order valence-corrected chi connectivity index (χ0v) is 15.0. The highest BCUT2D eigenvalue weighted by atomic mass is 15.5. The van der Waals surface area contributed by atoms with Crippen molar-refractivity contribution >= 4 is 6.21 Å². The van der Waals surface area contributed by atoms with Crippen molar-refractivity contribution in [3.63, 3.8) is 0 Å². The van der Waals surface area contributed by atoms with Crippen LogP contribution in [-0.4, -0.2) is 54.2 Å². The Labute approximate surface area is 154 Å². The number of rotatable bonds is 4. The highest BCUT2D eigenvalue weighted by molar-refractivity contribution is 5.88. The van der Waals surface area contributed by atoms with Crippen LogP contribution in [0.15, 0.2) is 72.0 Å². The molecule has 1 aromatic heterocycles. The standard InChI is InChI=1S/C21H23N5/c1-24-12-14-25(15-13-24)22-16-19-17-26(20-10-6-3-7-11-20)23-21(19)18-8-4-2-5-9-18/h2-11,16-17H,12-15H2,1H3/p+1/b22-16-. The van der Waals surface area contributed by atoms with Crippen molar-refractivity contribution in [2.75, 3.05) is 33.2 Å². The molecule has 1 aliphatic rings. The first-order valence-electron chi connectivity index (χ1n) is 9.10. The second-order valence-corrected chi connectivity index (χ2v) is 6.73. The van der Waals surface area contributed by atoms with E-state index < -0.39 is 0 Å². The molecular formula is C21H24N5+. The monoisotopic (exact) mass is 346 g/mol. The summed E-state index contributed by atoms with van der Waals surface area (Å²) in [6, 6.07) is 20.5. The smallest absolute Gasteiger partial charge is 0.102 e. The quantitative estimate of drug-likeness (QED) is 0.730. The molecule has 4 rings (SSSR count). The molecule has 1 aliphatic heterocycles. The van der Waals surface area contributed by atoms with E-state index in [1.165, 1.54) is 0 Å². The molecule has 0 aliphatic carbocycles. The van der Waals surface area contributed by atoms with Gasteiger partial charge in [0.15, 0.2) is 0 Å². The average molecular weight is 346 g/mol. The zero-order valence-electron chi connectivity index (χ0n) is 15.0. The summed E-state index contributed by atoms with van der Waals surface area (Å²) in [5, 5.41) is 11.7. The van der Waals surface area contributed by atoms with E-state index in [4.69, 9.17) is 10.2 Å². The lowest BCUT2D eigenvalue weighted by atomic mass is 10.1. The molecule has 0 saturated carbocycles. The number of hydrazone groups is 1. The minimum atomic E-state index is 0.956. The van der Waals surface area contributed by atoms with Gasteiger partial charge >= 0.3 is 0 Å². The Morgan fingerprint density at radius 3 is 2.31 bits per heavy atom. The lowest BCUT2D eigenvalue weighted by molar-refractivity contribution is -0.884. The van der Waals surface area contributed by atoms with Gasteiger partial charge in [-0.25, -0.2) is 4.68 Å². The molecule has 0 amide bonds. The number of piperazine rings is 1. The number of likely N-dealkylation sites (N-methyl/N-ethyl adjacent to an activating group) is 1. The van der Waals surface area contributed by atoms with Crippen LogP contribution >= 0.6 is 0 Å². The zero-order chi connectivity index (χ0) is 17.8. The van der Waals surface area contributed by atoms with Crippen LogP contribution in [0.1, 0.15) is 5.56 Å². The van der Waals surface area contributed by atoms with E-state index in [0.717, 1.165) is 48.7 Å². The molecule has 5 nitrogen and oxygen atoms in total. The third-order valence-corrected chi connectivity index (χ3v) is 4.76. The van der Waals surface area contributed by atoms with Crippen LogP contribution in [0.3, 0.4) is 0 Å². The molecule has 0 atom stereocenters. The van der Waals surface area contributed by atoms with Crippen LogP contribution in [0, 0.1) is 0 Å². The summed E-state index contributed by atoms with van der Waals surface area (Å²) in [4.78, 5) is 1.57. The van der Waals surface area contributed by atoms with Crippen molar-refractivity contribution < 1.29 is 4.90 Å². The first-order valence-corrected chi connectivity index (χ1v) is 9.10. The SMILES string of the molecule is C[NH+]1CCN(/N=C\c2cn(-c3ccccc3)nc2-c2ccccc2)CC1. The first kappa shape index (κ1) is 16.5. The molecule has 132 valence electrons. The molecule has 1 fully saturated rings. The number of quaternary nitrogens is 1. The van der Waals surface area contributed by atoms with Gasteiger partial charge in [0.05, 0.1) is 45.1 Å². The number of hydrogen-bond donors (Lipinski definition) is 1. The number of nitrogens with one attached hydrogen (secondary N) is 1. The van der Waals surface area contributed by atoms with E-state index >= 15 is 0 Å². The molecule has 2 aromatic carbocycles. The van der Waals surface area contributed by atoms with Crippen molar-refractivity contribution in [1.29, 1.82) is 0 Å². The Morgan fingerprint density at radius 2 is 1.62 bits per heavy atom. The fourth-order valence-corrected chi connectivity index (χ4v) is 3.15. The number of hydrogen-bond acceptors (Lipinski definition) is 3. The molecule has 0 spiro atoms. The van der Waals surface area contributed by atoms with Crippen LogP contribution in [0.4, 0.5) is 0 Å². The Balaban J connectivity index is 1.67. The van der Waals surface area contributed by atoms with Crippen molar-refractivity contribution in [2.45, 2.75) is 0 Å². The lowest BCUT2D eigenvalue weighted by Crippen LogP contribution is -3.11. The highest BCUT2D eigenvalue weighted by Crippen LogP contribution is 2.22. The fourth-order valence-electron chi connectivity index (χ4n) is 3.15. The Bertz CT molecular complexity index is 862. The van der Waals surface area contributed by atoms with Gasteiger partial charge in [0, 0.05) is 17.3 Å². The topological polar surface area (TPSA) is 37.9 Å². The average Bonchev–Trinajstić information content (AvgIpc) is 3.13. The number of aromatic nitrogens is 2. The summed E-state index contributed by atoms with van der Waals surface area (Å²) in [6.07, 6.45) is 4.01. The van der Waals surface area contributed by atoms with E-state index in [1.807, 2.05) is 47.3 Å². The number of para-hydroxylation sites is 1. The Morgan fingerprint density at radius 1 is 0.962 bits per heavy atom. The van der Waals surface area contributed by atoms with Gasteiger partial charge in [0.2, 0.25) is 0 Å². The van der Waals surface area contributed by atoms with E-state index in [9.17, 15) is 0 Å². The molecule has 2 heterocycles. The molecule has 26 heavy (non-hydrogen) atoms. The van der Waals surface area contributed by atoms with Crippen LogP contribution in [0.5, 0.6) is 0 Å². The fraction of sp³-hybridized carbons (Fsp3) is 0.238. The summed E-state index contributed by atoms with van der Waals surface area (Å²) in [7, 11) is 2.23. The molecule has 5 heteroatoms. The van der Waals surface area contributed by atoms with Crippen molar-refractivity contribution in [1.82, 2.24) is 14.8 Å². The number of nitrogens with zero attached hydrogens (tertiary/aromatic N) is 4. The minimum Gasteiger partial charge on any atom is -0.334 e. The van der Waals surface area contributed by atoms with Gasteiger partial charge in [-0.3, -0.25) is 5.01 Å². The van der Waals surface area contributed by atoms with Crippen LogP contribution in [0.2, 0.25) is 0 Å². The molecule has 0 unspecified atom stereocenters. The minimum absolute atomic E-state index is 0.956. The predicted octanol–water partition coefficient (Wildman–Crippen LogP) is 1.70. The Hall–Kier alpha value is -2.92. The summed E-state index contributed by atoms with van der Waals surface area (Å²) in [6.45, 7) is 4.25. The van der Waals surface area contributed by atoms with Crippen molar-refractivity contribution in [3.05, 3.63) is 72.4 Å². The van der Waals surface area contributed by atoms with E-state index in [-0.39, 0.29) is 0 Å². The second-order valence-electron chi connectivity index (χ2n) is 6.73.